The lowest BCUT2D eigenvalue weighted by molar-refractivity contribution is -0.131. The third-order valence-electron chi connectivity index (χ3n) is 7.15. The number of anilines is 1. The van der Waals surface area contributed by atoms with Crippen molar-refractivity contribution in [2.24, 2.45) is 5.92 Å². The highest BCUT2D eigenvalue weighted by molar-refractivity contribution is 7.60. The van der Waals surface area contributed by atoms with Crippen LogP contribution in [0.1, 0.15) is 36.1 Å². The first-order chi connectivity index (χ1) is 18.6. The maximum Gasteiger partial charge on any atom is 0.356 e. The molecule has 0 aromatic heterocycles. The van der Waals surface area contributed by atoms with Crippen molar-refractivity contribution in [3.63, 3.8) is 0 Å². The minimum Gasteiger partial charge on any atom is -0.508 e. The summed E-state index contributed by atoms with van der Waals surface area (Å²) in [6.45, 7) is 0. The molecule has 0 unspecified atom stereocenters. The van der Waals surface area contributed by atoms with E-state index in [-0.39, 0.29) is 17.0 Å². The number of amides is 1. The largest absolute Gasteiger partial charge is 0.508 e. The maximum absolute atomic E-state index is 13.3. The molecule has 0 spiro atoms. The van der Waals surface area contributed by atoms with Gasteiger partial charge in [-0.3, -0.25) is 9.36 Å². The van der Waals surface area contributed by atoms with Crippen molar-refractivity contribution in [1.82, 2.24) is 0 Å². The molecule has 1 amide bonds. The van der Waals surface area contributed by atoms with Gasteiger partial charge < -0.3 is 24.9 Å². The van der Waals surface area contributed by atoms with Gasteiger partial charge in [-0.25, -0.2) is 0 Å². The number of hydrogen-bond donors (Lipinski definition) is 4. The van der Waals surface area contributed by atoms with Crippen molar-refractivity contribution < 1.29 is 29.4 Å². The Kier molecular flexibility index (Phi) is 7.63. The second-order valence-electron chi connectivity index (χ2n) is 9.57. The molecule has 200 valence electrons. The second kappa shape index (κ2) is 11.0. The van der Waals surface area contributed by atoms with Crippen molar-refractivity contribution in [2.75, 3.05) is 4.90 Å². The number of aliphatic hydroxyl groups excluding tert-OH is 1. The van der Waals surface area contributed by atoms with Crippen LogP contribution in [0.4, 0.5) is 5.69 Å². The number of carbonyl (C=O) groups is 1. The standard InChI is InChI=1S/C30H27ClNO6P/c31-26-9-5-4-8-23(26)27(33)17-16-25-29(32(30(25)35)21-6-2-1-3-7-21)24-15-12-20(18-28(24)34)19-10-13-22(14-11-19)39(36,37)38/h1-15,18,25,27,29,33-34H,16-17H2,(H2,36,37,38)/t25-,27+,29-/m1/s1. The van der Waals surface area contributed by atoms with Crippen molar-refractivity contribution in [1.29, 1.82) is 0 Å². The van der Waals surface area contributed by atoms with E-state index in [1.165, 1.54) is 12.1 Å². The van der Waals surface area contributed by atoms with Crippen molar-refractivity contribution in [3.05, 3.63) is 113 Å². The number of benzene rings is 4. The minimum atomic E-state index is -4.35. The number of nitrogens with zero attached hydrogens (tertiary/aromatic N) is 1. The molecule has 1 aliphatic rings. The Labute approximate surface area is 231 Å². The zero-order chi connectivity index (χ0) is 27.7. The normalized spacial score (nSPS) is 18.1. The zero-order valence-electron chi connectivity index (χ0n) is 20.8. The predicted molar refractivity (Wildman–Crippen MR) is 151 cm³/mol. The monoisotopic (exact) mass is 563 g/mol. The van der Waals surface area contributed by atoms with Gasteiger partial charge in [0.15, 0.2) is 0 Å². The van der Waals surface area contributed by atoms with Crippen LogP contribution < -0.4 is 10.2 Å². The molecule has 3 atom stereocenters. The van der Waals surface area contributed by atoms with E-state index in [4.69, 9.17) is 11.6 Å². The fourth-order valence-corrected chi connectivity index (χ4v) is 5.92. The number of rotatable bonds is 8. The number of phenols is 1. The molecule has 0 aliphatic carbocycles. The summed E-state index contributed by atoms with van der Waals surface area (Å²) in [5.74, 6) is -0.544. The first-order valence-corrected chi connectivity index (χ1v) is 14.4. The molecule has 0 saturated carbocycles. The Bertz CT molecular complexity index is 1540. The van der Waals surface area contributed by atoms with E-state index >= 15 is 0 Å². The van der Waals surface area contributed by atoms with Crippen molar-refractivity contribution in [2.45, 2.75) is 25.0 Å². The number of aromatic hydroxyl groups is 1. The van der Waals surface area contributed by atoms with Gasteiger partial charge in [0.1, 0.15) is 5.75 Å². The molecule has 4 aromatic rings. The molecule has 1 fully saturated rings. The minimum absolute atomic E-state index is 0.00153. The van der Waals surface area contributed by atoms with Gasteiger partial charge in [-0.15, -0.1) is 0 Å². The molecule has 4 N–H and O–H groups in total. The summed E-state index contributed by atoms with van der Waals surface area (Å²) in [4.78, 5) is 33.7. The SMILES string of the molecule is O=C1[C@H](CC[C@H](O)c2ccccc2Cl)[C@@H](c2ccc(-c3ccc(P(=O)(O)O)cc3)cc2O)N1c1ccccc1. The maximum atomic E-state index is 13.3. The van der Waals surface area contributed by atoms with E-state index in [0.717, 1.165) is 0 Å². The second-order valence-corrected chi connectivity index (χ2v) is 11.6. The molecule has 5 rings (SSSR count). The van der Waals surface area contributed by atoms with Crippen molar-refractivity contribution in [3.8, 4) is 16.9 Å². The van der Waals surface area contributed by atoms with Gasteiger partial charge in [0.05, 0.1) is 23.4 Å². The predicted octanol–water partition coefficient (Wildman–Crippen LogP) is 5.73. The van der Waals surface area contributed by atoms with Gasteiger partial charge in [-0.05, 0) is 65.9 Å². The van der Waals surface area contributed by atoms with Crippen LogP contribution in [-0.2, 0) is 9.36 Å². The number of carbonyl (C=O) groups excluding carboxylic acids is 1. The van der Waals surface area contributed by atoms with Crippen molar-refractivity contribution >= 4 is 36.1 Å². The Morgan fingerprint density at radius 3 is 2.15 bits per heavy atom. The van der Waals surface area contributed by atoms with E-state index in [1.54, 1.807) is 53.4 Å². The average molecular weight is 564 g/mol. The highest BCUT2D eigenvalue weighted by Crippen LogP contribution is 2.49. The molecular formula is C30H27ClNO6P. The fourth-order valence-electron chi connectivity index (χ4n) is 5.12. The van der Waals surface area contributed by atoms with Gasteiger partial charge in [0.2, 0.25) is 5.91 Å². The zero-order valence-corrected chi connectivity index (χ0v) is 22.4. The number of aliphatic hydroxyl groups is 1. The first kappa shape index (κ1) is 27.1. The first-order valence-electron chi connectivity index (χ1n) is 12.4. The number of halogens is 1. The van der Waals surface area contributed by atoms with E-state index in [9.17, 15) is 29.4 Å². The van der Waals surface area contributed by atoms with Crippen LogP contribution in [0.15, 0.2) is 97.1 Å². The molecule has 1 saturated heterocycles. The van der Waals surface area contributed by atoms with E-state index in [0.29, 0.717) is 45.8 Å². The Balaban J connectivity index is 1.43. The summed E-state index contributed by atoms with van der Waals surface area (Å²) < 4.78 is 11.5. The molecule has 0 bridgehead atoms. The third-order valence-corrected chi connectivity index (χ3v) is 8.46. The average Bonchev–Trinajstić information content (AvgIpc) is 2.92. The van der Waals surface area contributed by atoms with Crippen LogP contribution in [0.2, 0.25) is 5.02 Å². The van der Waals surface area contributed by atoms with Gasteiger partial charge in [-0.2, -0.15) is 0 Å². The van der Waals surface area contributed by atoms with Gasteiger partial charge in [-0.1, -0.05) is 72.3 Å². The molecule has 4 aromatic carbocycles. The molecule has 1 aliphatic heterocycles. The summed E-state index contributed by atoms with van der Waals surface area (Å²) >= 11 is 6.25. The number of para-hydroxylation sites is 1. The van der Waals surface area contributed by atoms with Gasteiger partial charge in [0.25, 0.3) is 0 Å². The molecule has 39 heavy (non-hydrogen) atoms. The van der Waals surface area contributed by atoms with Crippen LogP contribution in [0.5, 0.6) is 5.75 Å². The molecule has 7 nitrogen and oxygen atoms in total. The van der Waals surface area contributed by atoms with Crippen LogP contribution >= 0.6 is 19.2 Å². The lowest BCUT2D eigenvalue weighted by Gasteiger charge is -2.48. The third kappa shape index (κ3) is 5.50. The molecule has 0 radical (unpaired) electrons. The van der Waals surface area contributed by atoms with E-state index in [2.05, 4.69) is 0 Å². The summed E-state index contributed by atoms with van der Waals surface area (Å²) in [5.41, 5.74) is 3.24. The lowest BCUT2D eigenvalue weighted by atomic mass is 9.77. The summed E-state index contributed by atoms with van der Waals surface area (Å²) in [6, 6.07) is 26.9. The molecule has 9 heteroatoms. The van der Waals surface area contributed by atoms with E-state index < -0.39 is 25.7 Å². The van der Waals surface area contributed by atoms with Gasteiger partial charge in [0, 0.05) is 16.3 Å². The Hall–Kier alpha value is -3.45. The quantitative estimate of drug-likeness (QED) is 0.160. The highest BCUT2D eigenvalue weighted by Gasteiger charge is 2.49. The van der Waals surface area contributed by atoms with E-state index in [1.807, 2.05) is 36.4 Å². The summed E-state index contributed by atoms with van der Waals surface area (Å²) in [7, 11) is -4.35. The molecular weight excluding hydrogens is 537 g/mol. The van der Waals surface area contributed by atoms with Crippen LogP contribution in [0.3, 0.4) is 0 Å². The van der Waals surface area contributed by atoms with Crippen LogP contribution in [-0.4, -0.2) is 25.9 Å². The molecule has 1 heterocycles. The smallest absolute Gasteiger partial charge is 0.356 e. The lowest BCUT2D eigenvalue weighted by Crippen LogP contribution is -2.55. The Morgan fingerprint density at radius 1 is 0.872 bits per heavy atom. The van der Waals surface area contributed by atoms with Crippen LogP contribution in [0, 0.1) is 5.92 Å². The number of hydrogen-bond acceptors (Lipinski definition) is 4. The number of phenolic OH excluding ortho intramolecular Hbond substituents is 1. The highest BCUT2D eigenvalue weighted by atomic mass is 35.5. The Morgan fingerprint density at radius 2 is 1.51 bits per heavy atom. The summed E-state index contributed by atoms with van der Waals surface area (Å²) in [6.07, 6.45) is -0.112. The fraction of sp³-hybridized carbons (Fsp3) is 0.167. The topological polar surface area (TPSA) is 118 Å². The summed E-state index contributed by atoms with van der Waals surface area (Å²) in [5, 5.41) is 22.3. The van der Waals surface area contributed by atoms with Gasteiger partial charge >= 0.3 is 7.60 Å². The van der Waals surface area contributed by atoms with Crippen LogP contribution in [0.25, 0.3) is 11.1 Å². The number of β-lactam (4-membered cyclic amide) rings is 1.